The minimum Gasteiger partial charge on any atom is -0.419 e. The van der Waals surface area contributed by atoms with Gasteiger partial charge in [-0.1, -0.05) is 54.6 Å². The Kier molecular flexibility index (Phi) is 4.42. The molecule has 0 bridgehead atoms. The number of rotatable bonds is 3. The Balaban J connectivity index is 2.00. The number of carbonyl (C=O) groups is 1. The van der Waals surface area contributed by atoms with Crippen LogP contribution in [0.1, 0.15) is 23.1 Å². The van der Waals surface area contributed by atoms with E-state index in [2.05, 4.69) is 0 Å². The predicted molar refractivity (Wildman–Crippen MR) is 84.0 cm³/mol. The molecule has 5 heteroatoms. The van der Waals surface area contributed by atoms with E-state index in [4.69, 9.17) is 4.74 Å². The fourth-order valence-electron chi connectivity index (χ4n) is 2.84. The first kappa shape index (κ1) is 16.3. The number of benzene rings is 2. The highest BCUT2D eigenvalue weighted by Gasteiger charge is 2.42. The van der Waals surface area contributed by atoms with E-state index >= 15 is 0 Å². The zero-order valence-corrected chi connectivity index (χ0v) is 12.8. The first-order valence-corrected chi connectivity index (χ1v) is 7.58. The second-order valence-corrected chi connectivity index (χ2v) is 5.64. The third-order valence-corrected chi connectivity index (χ3v) is 3.97. The van der Waals surface area contributed by atoms with Crippen LogP contribution in [0.5, 0.6) is 0 Å². The van der Waals surface area contributed by atoms with Gasteiger partial charge < -0.3 is 4.74 Å². The Morgan fingerprint density at radius 1 is 0.958 bits per heavy atom. The molecule has 1 aliphatic carbocycles. The second-order valence-electron chi connectivity index (χ2n) is 5.64. The van der Waals surface area contributed by atoms with Crippen molar-refractivity contribution in [3.05, 3.63) is 76.9 Å². The van der Waals surface area contributed by atoms with E-state index < -0.39 is 12.1 Å². The summed E-state index contributed by atoms with van der Waals surface area (Å²) in [5.74, 6) is -2.14. The van der Waals surface area contributed by atoms with Gasteiger partial charge in [-0.15, -0.1) is 0 Å². The zero-order valence-electron chi connectivity index (χ0n) is 12.8. The van der Waals surface area contributed by atoms with Crippen molar-refractivity contribution in [3.63, 3.8) is 0 Å². The summed E-state index contributed by atoms with van der Waals surface area (Å²) in [6, 6.07) is 16.5. The van der Waals surface area contributed by atoms with Gasteiger partial charge in [-0.2, -0.15) is 13.2 Å². The molecule has 1 aliphatic rings. The minimum absolute atomic E-state index is 0.0445. The van der Waals surface area contributed by atoms with Crippen molar-refractivity contribution < 1.29 is 22.7 Å². The number of esters is 1. The maximum absolute atomic E-state index is 12.6. The van der Waals surface area contributed by atoms with Crippen molar-refractivity contribution >= 4 is 11.7 Å². The summed E-state index contributed by atoms with van der Waals surface area (Å²) in [5, 5.41) is 0. The van der Waals surface area contributed by atoms with Crippen LogP contribution in [0, 0.1) is 0 Å². The van der Waals surface area contributed by atoms with E-state index in [1.54, 1.807) is 12.1 Å². The quantitative estimate of drug-likeness (QED) is 0.762. The summed E-state index contributed by atoms with van der Waals surface area (Å²) in [7, 11) is 0. The van der Waals surface area contributed by atoms with Crippen molar-refractivity contribution in [2.24, 2.45) is 0 Å². The lowest BCUT2D eigenvalue weighted by atomic mass is 9.87. The second kappa shape index (κ2) is 6.51. The van der Waals surface area contributed by atoms with E-state index in [1.165, 1.54) is 0 Å². The Morgan fingerprint density at radius 2 is 1.62 bits per heavy atom. The molecule has 0 amide bonds. The lowest BCUT2D eigenvalue weighted by Crippen LogP contribution is -2.26. The number of halogens is 3. The van der Waals surface area contributed by atoms with Crippen molar-refractivity contribution in [1.82, 2.24) is 0 Å². The molecule has 124 valence electrons. The SMILES string of the molecule is O=C(OC1=C(Cc2ccccc2)CCc2ccccc21)C(F)(F)F. The molecular weight excluding hydrogens is 317 g/mol. The summed E-state index contributed by atoms with van der Waals surface area (Å²) < 4.78 is 42.7. The highest BCUT2D eigenvalue weighted by Crippen LogP contribution is 2.35. The van der Waals surface area contributed by atoms with Crippen LogP contribution < -0.4 is 0 Å². The van der Waals surface area contributed by atoms with Crippen molar-refractivity contribution in [1.29, 1.82) is 0 Å². The molecule has 0 atom stereocenters. The normalized spacial score (nSPS) is 14.3. The number of ether oxygens (including phenoxy) is 1. The van der Waals surface area contributed by atoms with Gasteiger partial charge in [-0.3, -0.25) is 0 Å². The van der Waals surface area contributed by atoms with Crippen LogP contribution in [-0.2, 0) is 22.4 Å². The molecule has 0 aliphatic heterocycles. The van der Waals surface area contributed by atoms with E-state index in [0.717, 1.165) is 11.1 Å². The van der Waals surface area contributed by atoms with Crippen molar-refractivity contribution in [3.8, 4) is 0 Å². The summed E-state index contributed by atoms with van der Waals surface area (Å²) in [4.78, 5) is 11.4. The Bertz CT molecular complexity index is 777. The lowest BCUT2D eigenvalue weighted by Gasteiger charge is -2.23. The van der Waals surface area contributed by atoms with Gasteiger partial charge in [0.25, 0.3) is 0 Å². The van der Waals surface area contributed by atoms with Gasteiger partial charge in [0, 0.05) is 5.56 Å². The number of alkyl halides is 3. The molecule has 0 N–H and O–H groups in total. The molecule has 3 rings (SSSR count). The predicted octanol–water partition coefficient (Wildman–Crippen LogP) is 4.69. The highest BCUT2D eigenvalue weighted by atomic mass is 19.4. The van der Waals surface area contributed by atoms with E-state index in [-0.39, 0.29) is 5.76 Å². The molecule has 2 aromatic rings. The molecule has 2 nitrogen and oxygen atoms in total. The van der Waals surface area contributed by atoms with Gasteiger partial charge in [0.05, 0.1) is 0 Å². The van der Waals surface area contributed by atoms with Gasteiger partial charge in [-0.25, -0.2) is 4.79 Å². The fraction of sp³-hybridized carbons (Fsp3) is 0.211. The average Bonchev–Trinajstić information content (AvgIpc) is 2.57. The monoisotopic (exact) mass is 332 g/mol. The Morgan fingerprint density at radius 3 is 2.33 bits per heavy atom. The van der Waals surface area contributed by atoms with Gasteiger partial charge in [0.15, 0.2) is 0 Å². The van der Waals surface area contributed by atoms with Crippen LogP contribution in [0.4, 0.5) is 13.2 Å². The fourth-order valence-corrected chi connectivity index (χ4v) is 2.84. The molecule has 0 fully saturated rings. The lowest BCUT2D eigenvalue weighted by molar-refractivity contribution is -0.192. The maximum atomic E-state index is 12.6. The topological polar surface area (TPSA) is 26.3 Å². The number of allylic oxidation sites excluding steroid dienone is 1. The molecule has 0 spiro atoms. The number of aryl methyl sites for hydroxylation is 1. The van der Waals surface area contributed by atoms with Crippen LogP contribution in [-0.4, -0.2) is 12.1 Å². The zero-order chi connectivity index (χ0) is 17.2. The van der Waals surface area contributed by atoms with Crippen molar-refractivity contribution in [2.45, 2.75) is 25.4 Å². The summed E-state index contributed by atoms with van der Waals surface area (Å²) in [6.45, 7) is 0. The Hall–Kier alpha value is -2.56. The third-order valence-electron chi connectivity index (χ3n) is 3.97. The first-order valence-electron chi connectivity index (χ1n) is 7.58. The molecular formula is C19H15F3O2. The van der Waals surface area contributed by atoms with Gasteiger partial charge in [0.1, 0.15) is 5.76 Å². The average molecular weight is 332 g/mol. The molecule has 0 aromatic heterocycles. The molecule has 0 saturated carbocycles. The van der Waals surface area contributed by atoms with Crippen LogP contribution in [0.3, 0.4) is 0 Å². The molecule has 24 heavy (non-hydrogen) atoms. The molecule has 0 saturated heterocycles. The Labute approximate surface area is 137 Å². The largest absolute Gasteiger partial charge is 0.491 e. The molecule has 0 heterocycles. The number of hydrogen-bond donors (Lipinski definition) is 0. The summed E-state index contributed by atoms with van der Waals surface area (Å²) >= 11 is 0. The van der Waals surface area contributed by atoms with Gasteiger partial charge in [-0.05, 0) is 36.0 Å². The summed E-state index contributed by atoms with van der Waals surface area (Å²) in [6.07, 6.45) is -3.29. The number of hydrogen-bond acceptors (Lipinski definition) is 2. The maximum Gasteiger partial charge on any atom is 0.491 e. The van der Waals surface area contributed by atoms with Crippen LogP contribution in [0.15, 0.2) is 60.2 Å². The van der Waals surface area contributed by atoms with Gasteiger partial charge >= 0.3 is 12.1 Å². The highest BCUT2D eigenvalue weighted by molar-refractivity contribution is 5.84. The van der Waals surface area contributed by atoms with E-state index in [9.17, 15) is 18.0 Å². The molecule has 0 unspecified atom stereocenters. The smallest absolute Gasteiger partial charge is 0.419 e. The first-order chi connectivity index (χ1) is 11.4. The third kappa shape index (κ3) is 3.50. The van der Waals surface area contributed by atoms with Crippen LogP contribution >= 0.6 is 0 Å². The minimum atomic E-state index is -5.02. The number of fused-ring (bicyclic) bond motifs is 1. The number of carbonyl (C=O) groups excluding carboxylic acids is 1. The van der Waals surface area contributed by atoms with E-state index in [0.29, 0.717) is 30.4 Å². The van der Waals surface area contributed by atoms with Crippen molar-refractivity contribution in [2.75, 3.05) is 0 Å². The molecule has 2 aromatic carbocycles. The van der Waals surface area contributed by atoms with Crippen LogP contribution in [0.25, 0.3) is 5.76 Å². The van der Waals surface area contributed by atoms with E-state index in [1.807, 2.05) is 42.5 Å². The molecule has 0 radical (unpaired) electrons. The standard InChI is InChI=1S/C19H15F3O2/c20-19(21,22)18(23)24-17-15(12-13-6-2-1-3-7-13)11-10-14-8-4-5-9-16(14)17/h1-9H,10-12H2. The summed E-state index contributed by atoms with van der Waals surface area (Å²) in [5.41, 5.74) is 3.12. The van der Waals surface area contributed by atoms with Crippen LogP contribution in [0.2, 0.25) is 0 Å². The van der Waals surface area contributed by atoms with Gasteiger partial charge in [0.2, 0.25) is 0 Å².